The molecule has 1 heterocycles. The van der Waals surface area contributed by atoms with E-state index in [4.69, 9.17) is 4.74 Å². The summed E-state index contributed by atoms with van der Waals surface area (Å²) < 4.78 is 5.61. The Labute approximate surface area is 164 Å². The maximum atomic E-state index is 12.6. The fourth-order valence-corrected chi connectivity index (χ4v) is 2.84. The maximum absolute atomic E-state index is 12.6. The number of guanidine groups is 1. The van der Waals surface area contributed by atoms with Crippen molar-refractivity contribution in [2.45, 2.75) is 25.9 Å². The highest BCUT2D eigenvalue weighted by molar-refractivity contribution is 6.10. The number of anilines is 2. The molecule has 2 aromatic rings. The topological polar surface area (TPSA) is 91.8 Å². The maximum Gasteiger partial charge on any atom is 0.257 e. The van der Waals surface area contributed by atoms with Gasteiger partial charge in [-0.15, -0.1) is 0 Å². The van der Waals surface area contributed by atoms with Crippen molar-refractivity contribution in [3.8, 4) is 0 Å². The molecule has 0 radical (unpaired) electrons. The van der Waals surface area contributed by atoms with Gasteiger partial charge in [0.15, 0.2) is 0 Å². The number of benzene rings is 2. The Morgan fingerprint density at radius 2 is 1.75 bits per heavy atom. The Morgan fingerprint density at radius 3 is 2.39 bits per heavy atom. The summed E-state index contributed by atoms with van der Waals surface area (Å²) in [6.07, 6.45) is 2.09. The summed E-state index contributed by atoms with van der Waals surface area (Å²) >= 11 is 0. The van der Waals surface area contributed by atoms with Crippen LogP contribution in [-0.4, -0.2) is 37.0 Å². The van der Waals surface area contributed by atoms with Gasteiger partial charge in [0.25, 0.3) is 5.91 Å². The highest BCUT2D eigenvalue weighted by atomic mass is 16.5. The van der Waals surface area contributed by atoms with Crippen molar-refractivity contribution >= 4 is 29.1 Å². The smallest absolute Gasteiger partial charge is 0.257 e. The molecule has 0 aromatic heterocycles. The second-order valence-corrected chi connectivity index (χ2v) is 6.53. The number of ether oxygens (including phenoxy) is 1. The average molecular weight is 380 g/mol. The van der Waals surface area contributed by atoms with Crippen LogP contribution in [0.15, 0.2) is 59.6 Å². The first kappa shape index (κ1) is 19.6. The third-order valence-electron chi connectivity index (χ3n) is 4.21. The molecule has 1 fully saturated rings. The van der Waals surface area contributed by atoms with Crippen molar-refractivity contribution in [3.05, 3.63) is 60.2 Å². The molecule has 7 nitrogen and oxygen atoms in total. The largest absolute Gasteiger partial charge is 0.376 e. The van der Waals surface area contributed by atoms with Crippen molar-refractivity contribution in [3.63, 3.8) is 0 Å². The van der Waals surface area contributed by atoms with Gasteiger partial charge in [-0.25, -0.2) is 4.99 Å². The van der Waals surface area contributed by atoms with Crippen molar-refractivity contribution < 1.29 is 14.3 Å². The lowest BCUT2D eigenvalue weighted by Gasteiger charge is -2.13. The van der Waals surface area contributed by atoms with E-state index in [1.165, 1.54) is 6.92 Å². The van der Waals surface area contributed by atoms with Gasteiger partial charge in [-0.3, -0.25) is 14.9 Å². The predicted molar refractivity (Wildman–Crippen MR) is 110 cm³/mol. The molecule has 1 atom stereocenters. The van der Waals surface area contributed by atoms with E-state index < -0.39 is 0 Å². The van der Waals surface area contributed by atoms with Gasteiger partial charge in [0, 0.05) is 30.5 Å². The Bertz CT molecular complexity index is 828. The zero-order valence-electron chi connectivity index (χ0n) is 15.8. The number of amides is 2. The molecule has 146 valence electrons. The monoisotopic (exact) mass is 380 g/mol. The van der Waals surface area contributed by atoms with Gasteiger partial charge in [0.2, 0.25) is 11.9 Å². The second-order valence-electron chi connectivity index (χ2n) is 6.53. The Morgan fingerprint density at radius 1 is 1.04 bits per heavy atom. The number of rotatable bonds is 5. The fourth-order valence-electron chi connectivity index (χ4n) is 2.84. The van der Waals surface area contributed by atoms with Crippen LogP contribution in [0, 0.1) is 0 Å². The average Bonchev–Trinajstić information content (AvgIpc) is 3.20. The highest BCUT2D eigenvalue weighted by Gasteiger charge is 2.16. The Kier molecular flexibility index (Phi) is 6.75. The van der Waals surface area contributed by atoms with Crippen LogP contribution in [0.25, 0.3) is 0 Å². The molecule has 3 rings (SSSR count). The summed E-state index contributed by atoms with van der Waals surface area (Å²) in [5.41, 5.74) is 1.93. The first-order valence-electron chi connectivity index (χ1n) is 9.27. The molecule has 7 heteroatoms. The van der Waals surface area contributed by atoms with Crippen molar-refractivity contribution in [1.29, 1.82) is 0 Å². The molecular formula is C21H24N4O3. The third-order valence-corrected chi connectivity index (χ3v) is 4.21. The van der Waals surface area contributed by atoms with Crippen LogP contribution < -0.4 is 16.0 Å². The summed E-state index contributed by atoms with van der Waals surface area (Å²) in [4.78, 5) is 28.2. The number of carbonyl (C=O) groups is 2. The number of carbonyl (C=O) groups excluding carboxylic acids is 2. The molecule has 3 N–H and O–H groups in total. The van der Waals surface area contributed by atoms with Crippen LogP contribution in [0.1, 0.15) is 30.1 Å². The molecule has 1 aliphatic rings. The van der Waals surface area contributed by atoms with E-state index in [2.05, 4.69) is 20.9 Å². The lowest BCUT2D eigenvalue weighted by atomic mass is 10.2. The van der Waals surface area contributed by atoms with Crippen LogP contribution in [0.3, 0.4) is 0 Å². The molecule has 0 unspecified atom stereocenters. The van der Waals surface area contributed by atoms with Crippen LogP contribution in [0.2, 0.25) is 0 Å². The van der Waals surface area contributed by atoms with Crippen LogP contribution in [0.5, 0.6) is 0 Å². The molecule has 1 saturated heterocycles. The van der Waals surface area contributed by atoms with Crippen molar-refractivity contribution in [1.82, 2.24) is 5.32 Å². The number of nitrogens with zero attached hydrogens (tertiary/aromatic N) is 1. The molecule has 28 heavy (non-hydrogen) atoms. The minimum Gasteiger partial charge on any atom is -0.376 e. The molecule has 2 amide bonds. The van der Waals surface area contributed by atoms with Crippen LogP contribution in [-0.2, 0) is 9.53 Å². The summed E-state index contributed by atoms with van der Waals surface area (Å²) in [5, 5.41) is 8.64. The van der Waals surface area contributed by atoms with E-state index in [0.29, 0.717) is 23.8 Å². The number of hydrogen-bond donors (Lipinski definition) is 3. The minimum atomic E-state index is -0.288. The van der Waals surface area contributed by atoms with Gasteiger partial charge in [-0.1, -0.05) is 18.2 Å². The second kappa shape index (κ2) is 9.66. The molecule has 0 saturated carbocycles. The van der Waals surface area contributed by atoms with Crippen molar-refractivity contribution in [2.24, 2.45) is 4.99 Å². The van der Waals surface area contributed by atoms with Crippen LogP contribution >= 0.6 is 0 Å². The molecular weight excluding hydrogens is 356 g/mol. The Hall–Kier alpha value is -3.19. The number of nitrogens with one attached hydrogen (secondary N) is 3. The summed E-state index contributed by atoms with van der Waals surface area (Å²) in [5.74, 6) is -0.0747. The van der Waals surface area contributed by atoms with Gasteiger partial charge >= 0.3 is 0 Å². The van der Waals surface area contributed by atoms with Gasteiger partial charge < -0.3 is 15.4 Å². The fraction of sp³-hybridized carbons (Fsp3) is 0.286. The number of aliphatic imine (C=N–C) groups is 1. The summed E-state index contributed by atoms with van der Waals surface area (Å²) in [7, 11) is 0. The standard InChI is InChI=1S/C21H24N4O3/c1-15(26)23-18-11-9-16(10-12-18)20(27)25-21(22-14-19-8-5-13-28-19)24-17-6-3-2-4-7-17/h2-4,6-7,9-12,19H,5,8,13-14H2,1H3,(H,23,26)(H2,22,24,25,27)/t19-/m1/s1. The van der Waals surface area contributed by atoms with E-state index >= 15 is 0 Å². The van der Waals surface area contributed by atoms with Gasteiger partial charge in [-0.05, 0) is 49.2 Å². The Balaban J connectivity index is 1.69. The molecule has 0 spiro atoms. The minimum absolute atomic E-state index is 0.0846. The van der Waals surface area contributed by atoms with E-state index in [0.717, 1.165) is 25.1 Å². The van der Waals surface area contributed by atoms with Gasteiger partial charge in [0.1, 0.15) is 0 Å². The first-order valence-corrected chi connectivity index (χ1v) is 9.27. The SMILES string of the molecule is CC(=O)Nc1ccc(C(=O)NC(=NC[C@H]2CCCO2)Nc2ccccc2)cc1. The third kappa shape index (κ3) is 5.92. The molecule has 2 aromatic carbocycles. The molecule has 1 aliphatic heterocycles. The lowest BCUT2D eigenvalue weighted by Crippen LogP contribution is -2.36. The molecule has 0 aliphatic carbocycles. The van der Waals surface area contributed by atoms with E-state index in [1.54, 1.807) is 24.3 Å². The summed E-state index contributed by atoms with van der Waals surface area (Å²) in [6.45, 7) is 2.68. The number of para-hydroxylation sites is 1. The van der Waals surface area contributed by atoms with Crippen LogP contribution in [0.4, 0.5) is 11.4 Å². The van der Waals surface area contributed by atoms with Gasteiger partial charge in [0.05, 0.1) is 12.6 Å². The molecule has 0 bridgehead atoms. The van der Waals surface area contributed by atoms with E-state index in [-0.39, 0.29) is 17.9 Å². The quantitative estimate of drug-likeness (QED) is 0.549. The van der Waals surface area contributed by atoms with Crippen molar-refractivity contribution in [2.75, 3.05) is 23.8 Å². The number of hydrogen-bond acceptors (Lipinski definition) is 4. The lowest BCUT2D eigenvalue weighted by molar-refractivity contribution is -0.114. The first-order chi connectivity index (χ1) is 13.6. The zero-order valence-corrected chi connectivity index (χ0v) is 15.8. The van der Waals surface area contributed by atoms with Gasteiger partial charge in [-0.2, -0.15) is 0 Å². The van der Waals surface area contributed by atoms with E-state index in [1.807, 2.05) is 30.3 Å². The highest BCUT2D eigenvalue weighted by Crippen LogP contribution is 2.13. The zero-order chi connectivity index (χ0) is 19.8. The normalized spacial score (nSPS) is 16.5. The predicted octanol–water partition coefficient (Wildman–Crippen LogP) is 3.02. The summed E-state index contributed by atoms with van der Waals surface area (Å²) in [6, 6.07) is 16.2. The van der Waals surface area contributed by atoms with E-state index in [9.17, 15) is 9.59 Å².